The van der Waals surface area contributed by atoms with Gasteiger partial charge < -0.3 is 4.74 Å². The average Bonchev–Trinajstić information content (AvgIpc) is 2.47. The summed E-state index contributed by atoms with van der Waals surface area (Å²) in [6.07, 6.45) is 0. The molecule has 0 N–H and O–H groups in total. The molecule has 0 bridgehead atoms. The Morgan fingerprint density at radius 1 is 1.20 bits per heavy atom. The van der Waals surface area contributed by atoms with Crippen molar-refractivity contribution < 1.29 is 9.13 Å². The van der Waals surface area contributed by atoms with Gasteiger partial charge in [0, 0.05) is 16.5 Å². The van der Waals surface area contributed by atoms with Crippen molar-refractivity contribution in [1.82, 2.24) is 0 Å². The van der Waals surface area contributed by atoms with Gasteiger partial charge in [-0.15, -0.1) is 0 Å². The summed E-state index contributed by atoms with van der Waals surface area (Å²) in [6.45, 7) is 2.05. The number of halogens is 2. The van der Waals surface area contributed by atoms with Gasteiger partial charge in [-0.25, -0.2) is 4.39 Å². The van der Waals surface area contributed by atoms with Crippen LogP contribution >= 0.6 is 15.9 Å². The van der Waals surface area contributed by atoms with Gasteiger partial charge in [-0.2, -0.15) is 5.26 Å². The standard InChI is InChI=1S/C16H13BrFNO/c1-11-4-2-5-12(8-17)16(11)20-10-14-7-3-6-13(9-19)15(14)18/h2-7H,8,10H2,1H3. The van der Waals surface area contributed by atoms with Crippen LogP contribution in [0.2, 0.25) is 0 Å². The van der Waals surface area contributed by atoms with Gasteiger partial charge >= 0.3 is 0 Å². The second-order valence-corrected chi connectivity index (χ2v) is 4.94. The molecule has 102 valence electrons. The number of para-hydroxylation sites is 1. The minimum Gasteiger partial charge on any atom is -0.488 e. The van der Waals surface area contributed by atoms with Gasteiger partial charge in [0.25, 0.3) is 0 Å². The van der Waals surface area contributed by atoms with E-state index in [-0.39, 0.29) is 12.2 Å². The summed E-state index contributed by atoms with van der Waals surface area (Å²) in [5.74, 6) is 0.245. The fraction of sp³-hybridized carbons (Fsp3) is 0.188. The molecule has 0 heterocycles. The lowest BCUT2D eigenvalue weighted by molar-refractivity contribution is 0.295. The number of benzene rings is 2. The molecule has 20 heavy (non-hydrogen) atoms. The number of ether oxygens (including phenoxy) is 1. The normalized spacial score (nSPS) is 10.1. The molecule has 0 saturated heterocycles. The molecule has 2 aromatic carbocycles. The van der Waals surface area contributed by atoms with E-state index >= 15 is 0 Å². The minimum absolute atomic E-state index is 0.0385. The fourth-order valence-electron chi connectivity index (χ4n) is 1.95. The first-order valence-electron chi connectivity index (χ1n) is 6.12. The van der Waals surface area contributed by atoms with Crippen LogP contribution in [0.4, 0.5) is 4.39 Å². The Kier molecular flexibility index (Phi) is 4.75. The Bertz CT molecular complexity index is 664. The number of alkyl halides is 1. The molecule has 0 spiro atoms. The van der Waals surface area contributed by atoms with E-state index in [9.17, 15) is 4.39 Å². The first-order valence-corrected chi connectivity index (χ1v) is 7.24. The molecular formula is C16H13BrFNO. The Hall–Kier alpha value is -1.86. The smallest absolute Gasteiger partial charge is 0.147 e. The maximum atomic E-state index is 13.9. The first kappa shape index (κ1) is 14.5. The maximum absolute atomic E-state index is 13.9. The lowest BCUT2D eigenvalue weighted by Gasteiger charge is -2.13. The van der Waals surface area contributed by atoms with E-state index in [2.05, 4.69) is 15.9 Å². The van der Waals surface area contributed by atoms with Gasteiger partial charge in [0.2, 0.25) is 0 Å². The van der Waals surface area contributed by atoms with Gasteiger partial charge in [-0.05, 0) is 18.6 Å². The van der Waals surface area contributed by atoms with Crippen LogP contribution in [-0.4, -0.2) is 0 Å². The van der Waals surface area contributed by atoms with Crippen molar-refractivity contribution in [2.24, 2.45) is 0 Å². The minimum atomic E-state index is -0.510. The average molecular weight is 334 g/mol. The van der Waals surface area contributed by atoms with Crippen LogP contribution in [0.1, 0.15) is 22.3 Å². The van der Waals surface area contributed by atoms with Crippen LogP contribution in [-0.2, 0) is 11.9 Å². The fourth-order valence-corrected chi connectivity index (χ4v) is 2.39. The highest BCUT2D eigenvalue weighted by Gasteiger charge is 2.10. The summed E-state index contributed by atoms with van der Waals surface area (Å²) in [5, 5.41) is 9.49. The number of nitrogens with zero attached hydrogens (tertiary/aromatic N) is 1. The van der Waals surface area contributed by atoms with E-state index in [0.717, 1.165) is 16.9 Å². The number of hydrogen-bond acceptors (Lipinski definition) is 2. The first-order chi connectivity index (χ1) is 9.67. The zero-order valence-electron chi connectivity index (χ0n) is 11.0. The Balaban J connectivity index is 2.24. The Morgan fingerprint density at radius 2 is 1.90 bits per heavy atom. The van der Waals surface area contributed by atoms with Gasteiger partial charge in [0.05, 0.1) is 5.56 Å². The highest BCUT2D eigenvalue weighted by molar-refractivity contribution is 9.08. The molecule has 4 heteroatoms. The van der Waals surface area contributed by atoms with Crippen molar-refractivity contribution in [1.29, 1.82) is 5.26 Å². The number of nitriles is 1. The second kappa shape index (κ2) is 6.53. The van der Waals surface area contributed by atoms with Crippen LogP contribution in [0.25, 0.3) is 0 Å². The summed E-state index contributed by atoms with van der Waals surface area (Å²) < 4.78 is 19.7. The SMILES string of the molecule is Cc1cccc(CBr)c1OCc1cccc(C#N)c1F. The number of hydrogen-bond donors (Lipinski definition) is 0. The van der Waals surface area contributed by atoms with Crippen LogP contribution in [0.3, 0.4) is 0 Å². The van der Waals surface area contributed by atoms with E-state index in [0.29, 0.717) is 10.9 Å². The molecule has 0 saturated carbocycles. The molecule has 2 nitrogen and oxygen atoms in total. The summed E-state index contributed by atoms with van der Waals surface area (Å²) in [7, 11) is 0. The van der Waals surface area contributed by atoms with E-state index < -0.39 is 5.82 Å². The highest BCUT2D eigenvalue weighted by Crippen LogP contribution is 2.26. The van der Waals surface area contributed by atoms with Crippen LogP contribution < -0.4 is 4.74 Å². The Morgan fingerprint density at radius 3 is 2.60 bits per heavy atom. The lowest BCUT2D eigenvalue weighted by Crippen LogP contribution is -2.03. The third kappa shape index (κ3) is 3.00. The molecule has 0 radical (unpaired) electrons. The lowest BCUT2D eigenvalue weighted by atomic mass is 10.1. The van der Waals surface area contributed by atoms with Crippen molar-refractivity contribution in [2.75, 3.05) is 0 Å². The van der Waals surface area contributed by atoms with Gasteiger partial charge in [0.1, 0.15) is 24.2 Å². The summed E-state index contributed by atoms with van der Waals surface area (Å²) in [6, 6.07) is 12.4. The van der Waals surface area contributed by atoms with E-state index in [1.165, 1.54) is 6.07 Å². The molecule has 0 aliphatic heterocycles. The molecule has 2 aromatic rings. The zero-order chi connectivity index (χ0) is 14.5. The third-order valence-electron chi connectivity index (χ3n) is 3.01. The zero-order valence-corrected chi connectivity index (χ0v) is 12.6. The van der Waals surface area contributed by atoms with Gasteiger partial charge in [0.15, 0.2) is 0 Å². The van der Waals surface area contributed by atoms with E-state index in [1.807, 2.05) is 31.2 Å². The Labute approximate surface area is 125 Å². The van der Waals surface area contributed by atoms with E-state index in [1.54, 1.807) is 12.1 Å². The van der Waals surface area contributed by atoms with Crippen molar-refractivity contribution in [3.8, 4) is 11.8 Å². The molecule has 0 atom stereocenters. The van der Waals surface area contributed by atoms with Gasteiger partial charge in [-0.1, -0.05) is 46.3 Å². The van der Waals surface area contributed by atoms with Crippen molar-refractivity contribution in [2.45, 2.75) is 18.9 Å². The molecule has 0 amide bonds. The summed E-state index contributed by atoms with van der Waals surface area (Å²) in [5.41, 5.74) is 2.44. The van der Waals surface area contributed by atoms with Crippen molar-refractivity contribution >= 4 is 15.9 Å². The predicted molar refractivity (Wildman–Crippen MR) is 79.3 cm³/mol. The number of rotatable bonds is 4. The molecular weight excluding hydrogens is 321 g/mol. The molecule has 0 aliphatic carbocycles. The van der Waals surface area contributed by atoms with Gasteiger partial charge in [-0.3, -0.25) is 0 Å². The molecule has 0 fully saturated rings. The van der Waals surface area contributed by atoms with Crippen LogP contribution in [0, 0.1) is 24.1 Å². The third-order valence-corrected chi connectivity index (χ3v) is 3.61. The molecule has 0 aliphatic rings. The largest absolute Gasteiger partial charge is 0.488 e. The van der Waals surface area contributed by atoms with Crippen LogP contribution in [0.5, 0.6) is 5.75 Å². The quantitative estimate of drug-likeness (QED) is 0.773. The topological polar surface area (TPSA) is 33.0 Å². The summed E-state index contributed by atoms with van der Waals surface area (Å²) in [4.78, 5) is 0. The second-order valence-electron chi connectivity index (χ2n) is 4.38. The molecule has 0 aromatic heterocycles. The van der Waals surface area contributed by atoms with E-state index in [4.69, 9.17) is 10.00 Å². The monoisotopic (exact) mass is 333 g/mol. The molecule has 2 rings (SSSR count). The highest BCUT2D eigenvalue weighted by atomic mass is 79.9. The van der Waals surface area contributed by atoms with Crippen molar-refractivity contribution in [3.05, 3.63) is 64.5 Å². The number of aryl methyl sites for hydroxylation is 1. The predicted octanol–water partition coefficient (Wildman–Crippen LogP) is 4.48. The summed E-state index contributed by atoms with van der Waals surface area (Å²) >= 11 is 3.41. The maximum Gasteiger partial charge on any atom is 0.147 e. The molecule has 0 unspecified atom stereocenters. The van der Waals surface area contributed by atoms with Crippen LogP contribution in [0.15, 0.2) is 36.4 Å². The van der Waals surface area contributed by atoms with Crippen molar-refractivity contribution in [3.63, 3.8) is 0 Å².